The van der Waals surface area contributed by atoms with Crippen molar-refractivity contribution in [2.24, 2.45) is 22.7 Å². The van der Waals surface area contributed by atoms with Gasteiger partial charge in [-0.3, -0.25) is 0 Å². The van der Waals surface area contributed by atoms with Crippen molar-refractivity contribution in [3.05, 3.63) is 116 Å². The first-order chi connectivity index (χ1) is 29.3. The quantitative estimate of drug-likeness (QED) is 0.186. The lowest BCUT2D eigenvalue weighted by atomic mass is 9.54. The molecule has 4 saturated heterocycles. The lowest BCUT2D eigenvalue weighted by Crippen LogP contribution is -2.54. The Labute approximate surface area is 362 Å². The third-order valence-electron chi connectivity index (χ3n) is 15.0. The summed E-state index contributed by atoms with van der Waals surface area (Å²) in [5, 5.41) is 45.5. The topological polar surface area (TPSA) is 197 Å². The fourth-order valence-electron chi connectivity index (χ4n) is 10.7. The predicted molar refractivity (Wildman–Crippen MR) is 228 cm³/mol. The van der Waals surface area contributed by atoms with Gasteiger partial charge >= 0.3 is 11.3 Å². The van der Waals surface area contributed by atoms with Crippen LogP contribution < -0.4 is 20.7 Å². The number of aliphatic hydroxyl groups is 4. The first-order valence-electron chi connectivity index (χ1n) is 21.5. The number of fused-ring (bicyclic) bond motifs is 2. The van der Waals surface area contributed by atoms with E-state index >= 15 is 0 Å². The summed E-state index contributed by atoms with van der Waals surface area (Å²) in [4.78, 5) is 25.9. The molecule has 4 N–H and O–H groups in total. The van der Waals surface area contributed by atoms with Gasteiger partial charge in [0.1, 0.15) is 46.4 Å². The highest BCUT2D eigenvalue weighted by Gasteiger charge is 2.70. The van der Waals surface area contributed by atoms with Crippen LogP contribution in [0.1, 0.15) is 88.9 Å². The van der Waals surface area contributed by atoms with E-state index in [1.165, 1.54) is 26.4 Å². The van der Waals surface area contributed by atoms with Gasteiger partial charge in [-0.25, -0.2) is 9.59 Å². The van der Waals surface area contributed by atoms with Crippen molar-refractivity contribution in [1.29, 1.82) is 0 Å². The van der Waals surface area contributed by atoms with E-state index in [4.69, 9.17) is 37.3 Å². The fourth-order valence-corrected chi connectivity index (χ4v) is 10.7. The van der Waals surface area contributed by atoms with Crippen molar-refractivity contribution >= 4 is 0 Å². The summed E-state index contributed by atoms with van der Waals surface area (Å²) in [6, 6.07) is 2.60. The molecule has 0 spiro atoms. The molecule has 14 atom stereocenters. The molecule has 0 amide bonds. The van der Waals surface area contributed by atoms with Gasteiger partial charge in [-0.1, -0.05) is 74.6 Å². The van der Waals surface area contributed by atoms with Crippen LogP contribution in [0.25, 0.3) is 0 Å². The highest BCUT2D eigenvalue weighted by atomic mass is 16.7. The second-order valence-corrected chi connectivity index (χ2v) is 18.1. The summed E-state index contributed by atoms with van der Waals surface area (Å²) in [6.07, 6.45) is 13.3. The molecule has 14 heteroatoms. The van der Waals surface area contributed by atoms with Crippen molar-refractivity contribution < 1.29 is 57.7 Å². The SMILES string of the molecule is CCC1OC2OC(C=CC=CC=CC3C(c4oc(=O)cc(OC)c4C)C(C=CC=CC4OC5OC(CC)C(C)(O)C5(C)C4O)C3c3oc(=O)cc(OC)c3C)C(O)C2(C)C1(C)O. The molecular formula is C48H62O14. The number of rotatable bonds is 13. The Bertz CT molecular complexity index is 2170. The molecule has 1 saturated carbocycles. The van der Waals surface area contributed by atoms with E-state index in [2.05, 4.69) is 0 Å². The maximum Gasteiger partial charge on any atom is 0.339 e. The van der Waals surface area contributed by atoms with Gasteiger partial charge in [-0.2, -0.15) is 0 Å². The predicted octanol–water partition coefficient (Wildman–Crippen LogP) is 5.43. The van der Waals surface area contributed by atoms with E-state index in [9.17, 15) is 30.0 Å². The molecule has 4 aliphatic heterocycles. The monoisotopic (exact) mass is 862 g/mol. The molecule has 338 valence electrons. The average Bonchev–Trinajstić information content (AvgIpc) is 3.78. The normalized spacial score (nSPS) is 41.6. The van der Waals surface area contributed by atoms with Crippen molar-refractivity contribution in [3.8, 4) is 11.5 Å². The van der Waals surface area contributed by atoms with Crippen molar-refractivity contribution in [1.82, 2.24) is 0 Å². The summed E-state index contributed by atoms with van der Waals surface area (Å²) in [6.45, 7) is 14.4. The highest BCUT2D eigenvalue weighted by molar-refractivity contribution is 5.44. The number of methoxy groups -OCH3 is 2. The van der Waals surface area contributed by atoms with Gasteiger partial charge in [0.05, 0.1) is 61.6 Å². The summed E-state index contributed by atoms with van der Waals surface area (Å²) in [5.41, 5.74) is -4.53. The molecular weight excluding hydrogens is 801 g/mol. The molecule has 0 aromatic carbocycles. The van der Waals surface area contributed by atoms with E-state index in [1.807, 2.05) is 58.1 Å². The molecule has 14 nitrogen and oxygen atoms in total. The van der Waals surface area contributed by atoms with Gasteiger partial charge in [-0.15, -0.1) is 0 Å². The van der Waals surface area contributed by atoms with Crippen molar-refractivity contribution in [3.63, 3.8) is 0 Å². The van der Waals surface area contributed by atoms with Gasteiger partial charge in [0.2, 0.25) is 0 Å². The molecule has 2 aromatic heterocycles. The number of ether oxygens (including phenoxy) is 6. The minimum Gasteiger partial charge on any atom is -0.496 e. The van der Waals surface area contributed by atoms with Crippen LogP contribution >= 0.6 is 0 Å². The van der Waals surface area contributed by atoms with Gasteiger partial charge in [-0.05, 0) is 66.2 Å². The van der Waals surface area contributed by atoms with E-state index < -0.39 is 100 Å². The molecule has 1 aliphatic carbocycles. The Hall–Kier alpha value is -4.12. The van der Waals surface area contributed by atoms with Gasteiger partial charge in [0.25, 0.3) is 0 Å². The molecule has 2 aromatic rings. The van der Waals surface area contributed by atoms with Gasteiger partial charge < -0.3 is 57.7 Å². The number of allylic oxidation sites excluding steroid dienone is 8. The first kappa shape index (κ1) is 45.9. The Morgan fingerprint density at radius 3 is 1.31 bits per heavy atom. The van der Waals surface area contributed by atoms with Crippen molar-refractivity contribution in [2.45, 2.75) is 140 Å². The molecule has 14 unspecified atom stereocenters. The standard InChI is InChI=1S/C48H62O14/c1-11-33-47(7,53)45(5)41(51)29(57-43(45)59-33)21-16-14-13-15-19-27-37(39-25(3)31(55-9)23-35(49)61-39)28(38(27)40-26(4)32(56-10)24-36(50)62-40)20-17-18-22-30-42(52)46(6)44(58-30)60-34(12-2)48(46,8)54/h13-24,27-30,33-34,37-38,41-44,51-54H,11-12H2,1-10H3. The lowest BCUT2D eigenvalue weighted by Gasteiger charge is -2.49. The van der Waals surface area contributed by atoms with Crippen LogP contribution in [0.2, 0.25) is 0 Å². The number of hydrogen-bond acceptors (Lipinski definition) is 14. The van der Waals surface area contributed by atoms with E-state index in [1.54, 1.807) is 58.1 Å². The van der Waals surface area contributed by atoms with Crippen LogP contribution in [-0.4, -0.2) is 95.1 Å². The average molecular weight is 863 g/mol. The van der Waals surface area contributed by atoms with Gasteiger partial charge in [0, 0.05) is 23.0 Å². The van der Waals surface area contributed by atoms with E-state index in [-0.39, 0.29) is 5.92 Å². The summed E-state index contributed by atoms with van der Waals surface area (Å²) in [5.74, 6) is -0.0591. The van der Waals surface area contributed by atoms with Gasteiger partial charge in [0.15, 0.2) is 12.6 Å². The minimum atomic E-state index is -1.32. The van der Waals surface area contributed by atoms with Crippen LogP contribution in [0.5, 0.6) is 11.5 Å². The second kappa shape index (κ2) is 17.1. The Kier molecular flexibility index (Phi) is 12.7. The highest BCUT2D eigenvalue weighted by Crippen LogP contribution is 2.61. The summed E-state index contributed by atoms with van der Waals surface area (Å²) >= 11 is 0. The Morgan fingerprint density at radius 2 is 0.952 bits per heavy atom. The third kappa shape index (κ3) is 7.11. The number of hydrogen-bond donors (Lipinski definition) is 4. The second-order valence-electron chi connectivity index (χ2n) is 18.1. The molecule has 7 rings (SSSR count). The maximum absolute atomic E-state index is 13.0. The molecule has 62 heavy (non-hydrogen) atoms. The fraction of sp³-hybridized carbons (Fsp3) is 0.583. The third-order valence-corrected chi connectivity index (χ3v) is 15.0. The van der Waals surface area contributed by atoms with Crippen LogP contribution in [0.15, 0.2) is 91.3 Å². The summed E-state index contributed by atoms with van der Waals surface area (Å²) < 4.78 is 47.3. The molecule has 0 bridgehead atoms. The van der Waals surface area contributed by atoms with Crippen LogP contribution in [-0.2, 0) is 18.9 Å². The molecule has 5 aliphatic rings. The van der Waals surface area contributed by atoms with E-state index in [0.717, 1.165) is 0 Å². The maximum atomic E-state index is 13.0. The zero-order valence-corrected chi connectivity index (χ0v) is 37.1. The van der Waals surface area contributed by atoms with Crippen LogP contribution in [0.4, 0.5) is 0 Å². The minimum absolute atomic E-state index is 0.374. The van der Waals surface area contributed by atoms with Crippen LogP contribution in [0.3, 0.4) is 0 Å². The molecule has 6 heterocycles. The van der Waals surface area contributed by atoms with Crippen molar-refractivity contribution in [2.75, 3.05) is 14.2 Å². The lowest BCUT2D eigenvalue weighted by molar-refractivity contribution is -0.144. The molecule has 5 fully saturated rings. The Morgan fingerprint density at radius 1 is 0.597 bits per heavy atom. The van der Waals surface area contributed by atoms with E-state index in [0.29, 0.717) is 47.0 Å². The van der Waals surface area contributed by atoms with Crippen LogP contribution in [0, 0.1) is 36.5 Å². The summed E-state index contributed by atoms with van der Waals surface area (Å²) in [7, 11) is 2.98. The smallest absolute Gasteiger partial charge is 0.339 e. The number of aliphatic hydroxyl groups excluding tert-OH is 2. The first-order valence-corrected chi connectivity index (χ1v) is 21.5. The zero-order chi connectivity index (χ0) is 45.1. The largest absolute Gasteiger partial charge is 0.496 e. The zero-order valence-electron chi connectivity index (χ0n) is 37.1. The Balaban J connectivity index is 1.19. The molecule has 0 radical (unpaired) electrons.